The van der Waals surface area contributed by atoms with Gasteiger partial charge in [-0.05, 0) is 0 Å². The number of carbonyl (C=O) groups excluding carboxylic acids is 1. The summed E-state index contributed by atoms with van der Waals surface area (Å²) in [5.74, 6) is 0.157. The van der Waals surface area contributed by atoms with E-state index >= 15 is 0 Å². The van der Waals surface area contributed by atoms with E-state index in [9.17, 15) is 4.79 Å². The van der Waals surface area contributed by atoms with Crippen molar-refractivity contribution in [2.24, 2.45) is 5.73 Å². The second-order valence-electron chi connectivity index (χ2n) is 1.13. The predicted molar refractivity (Wildman–Crippen MR) is 33.1 cm³/mol. The third kappa shape index (κ3) is 4.02. The summed E-state index contributed by atoms with van der Waals surface area (Å²) in [5, 5.41) is 2.16. The van der Waals surface area contributed by atoms with Gasteiger partial charge in [-0.2, -0.15) is 0 Å². The van der Waals surface area contributed by atoms with Gasteiger partial charge in [-0.25, -0.2) is 4.79 Å². The molecule has 0 rings (SSSR count). The molecular formula is C3H6Cl2N2O. The van der Waals surface area contributed by atoms with Gasteiger partial charge in [0.05, 0.1) is 5.88 Å². The first kappa shape index (κ1) is 7.85. The van der Waals surface area contributed by atoms with Gasteiger partial charge >= 0.3 is 6.03 Å². The van der Waals surface area contributed by atoms with Crippen LogP contribution in [0.2, 0.25) is 0 Å². The molecule has 0 fully saturated rings. The Hall–Kier alpha value is -0.150. The zero-order valence-corrected chi connectivity index (χ0v) is 5.54. The van der Waals surface area contributed by atoms with Crippen molar-refractivity contribution in [2.75, 3.05) is 5.88 Å². The predicted octanol–water partition coefficient (Wildman–Crippen LogP) is 0.458. The van der Waals surface area contributed by atoms with Gasteiger partial charge in [0.25, 0.3) is 0 Å². The van der Waals surface area contributed by atoms with E-state index in [1.807, 2.05) is 0 Å². The van der Waals surface area contributed by atoms with E-state index in [2.05, 4.69) is 11.1 Å². The highest BCUT2D eigenvalue weighted by Crippen LogP contribution is 1.91. The number of nitrogens with one attached hydrogen (secondary N) is 1. The molecule has 0 aromatic carbocycles. The number of halogens is 2. The second-order valence-corrected chi connectivity index (χ2v) is 1.97. The van der Waals surface area contributed by atoms with Gasteiger partial charge in [-0.3, -0.25) is 0 Å². The molecule has 0 heterocycles. The number of rotatable bonds is 2. The molecule has 1 atom stereocenters. The Kier molecular flexibility index (Phi) is 3.73. The smallest absolute Gasteiger partial charge is 0.313 e. The summed E-state index contributed by atoms with van der Waals surface area (Å²) >= 11 is 10.5. The normalized spacial score (nSPS) is 12.8. The number of alkyl halides is 2. The van der Waals surface area contributed by atoms with Crippen molar-refractivity contribution in [1.29, 1.82) is 0 Å². The quantitative estimate of drug-likeness (QED) is 0.444. The van der Waals surface area contributed by atoms with E-state index in [1.54, 1.807) is 0 Å². The van der Waals surface area contributed by atoms with E-state index in [0.29, 0.717) is 0 Å². The molecule has 2 amide bonds. The number of hydrogen-bond acceptors (Lipinski definition) is 1. The van der Waals surface area contributed by atoms with E-state index < -0.39 is 11.5 Å². The van der Waals surface area contributed by atoms with Crippen LogP contribution in [-0.2, 0) is 0 Å². The van der Waals surface area contributed by atoms with E-state index in [4.69, 9.17) is 23.2 Å². The van der Waals surface area contributed by atoms with Gasteiger partial charge in [0.15, 0.2) is 0 Å². The Bertz CT molecular complexity index is 87.4. The number of amides is 2. The first-order valence-electron chi connectivity index (χ1n) is 1.93. The molecular weight excluding hydrogens is 151 g/mol. The second kappa shape index (κ2) is 3.80. The molecule has 0 bridgehead atoms. The molecule has 0 aromatic rings. The standard InChI is InChI=1S/C3H6Cl2N2O/c4-1-2(5)7-3(6)8/h2H,1H2,(H3,6,7,8). The minimum Gasteiger partial charge on any atom is -0.352 e. The van der Waals surface area contributed by atoms with Gasteiger partial charge < -0.3 is 11.1 Å². The Balaban J connectivity index is 3.24. The van der Waals surface area contributed by atoms with Crippen LogP contribution in [-0.4, -0.2) is 17.4 Å². The molecule has 0 saturated heterocycles. The number of urea groups is 1. The third-order valence-electron chi connectivity index (χ3n) is 0.434. The van der Waals surface area contributed by atoms with Crippen molar-refractivity contribution in [1.82, 2.24) is 5.32 Å². The van der Waals surface area contributed by atoms with Crippen LogP contribution in [0.25, 0.3) is 0 Å². The molecule has 0 aliphatic carbocycles. The number of primary amides is 1. The lowest BCUT2D eigenvalue weighted by Crippen LogP contribution is -2.36. The molecule has 0 spiro atoms. The fourth-order valence-corrected chi connectivity index (χ4v) is 0.378. The first-order valence-corrected chi connectivity index (χ1v) is 2.90. The van der Waals surface area contributed by atoms with Crippen molar-refractivity contribution >= 4 is 29.2 Å². The van der Waals surface area contributed by atoms with Crippen molar-refractivity contribution < 1.29 is 4.79 Å². The van der Waals surface area contributed by atoms with Gasteiger partial charge in [-0.15, -0.1) is 11.6 Å². The maximum Gasteiger partial charge on any atom is 0.313 e. The zero-order chi connectivity index (χ0) is 6.57. The third-order valence-corrected chi connectivity index (χ3v) is 1.16. The van der Waals surface area contributed by atoms with Gasteiger partial charge in [0, 0.05) is 0 Å². The monoisotopic (exact) mass is 156 g/mol. The van der Waals surface area contributed by atoms with Crippen LogP contribution >= 0.6 is 23.2 Å². The van der Waals surface area contributed by atoms with Crippen LogP contribution in [0.3, 0.4) is 0 Å². The summed E-state index contributed by atoms with van der Waals surface area (Å²) in [6.07, 6.45) is 0. The summed E-state index contributed by atoms with van der Waals surface area (Å²) in [5.41, 5.74) is 4.11. The van der Waals surface area contributed by atoms with Crippen molar-refractivity contribution in [2.45, 2.75) is 5.50 Å². The van der Waals surface area contributed by atoms with Crippen molar-refractivity contribution in [3.8, 4) is 0 Å². The van der Waals surface area contributed by atoms with Crippen LogP contribution in [0.1, 0.15) is 0 Å². The lowest BCUT2D eigenvalue weighted by atomic mass is 10.7. The minimum absolute atomic E-state index is 0.157. The van der Waals surface area contributed by atoms with E-state index in [0.717, 1.165) is 0 Å². The molecule has 5 heteroatoms. The molecule has 0 aromatic heterocycles. The minimum atomic E-state index is -0.661. The molecule has 3 nitrogen and oxygen atoms in total. The fraction of sp³-hybridized carbons (Fsp3) is 0.667. The summed E-state index contributed by atoms with van der Waals surface area (Å²) < 4.78 is 0. The Morgan fingerprint density at radius 3 is 2.50 bits per heavy atom. The number of carbonyl (C=O) groups is 1. The molecule has 8 heavy (non-hydrogen) atoms. The molecule has 0 radical (unpaired) electrons. The van der Waals surface area contributed by atoms with Crippen LogP contribution in [0, 0.1) is 0 Å². The Labute approximate surface area is 57.1 Å². The number of nitrogens with two attached hydrogens (primary N) is 1. The summed E-state index contributed by atoms with van der Waals surface area (Å²) in [7, 11) is 0. The summed E-state index contributed by atoms with van der Waals surface area (Å²) in [6, 6.07) is -0.661. The van der Waals surface area contributed by atoms with Crippen LogP contribution in [0.4, 0.5) is 4.79 Å². The lowest BCUT2D eigenvalue weighted by molar-refractivity contribution is 0.248. The maximum atomic E-state index is 9.94. The summed E-state index contributed by atoms with van der Waals surface area (Å²) in [6.45, 7) is 0. The first-order chi connectivity index (χ1) is 3.66. The molecule has 0 aliphatic rings. The SMILES string of the molecule is NC(=O)NC(Cl)CCl. The van der Waals surface area contributed by atoms with Gasteiger partial charge in [0.2, 0.25) is 0 Å². The average molecular weight is 157 g/mol. The fourth-order valence-electron chi connectivity index (χ4n) is 0.193. The van der Waals surface area contributed by atoms with Crippen LogP contribution < -0.4 is 11.1 Å². The lowest BCUT2D eigenvalue weighted by Gasteiger charge is -2.02. The molecule has 1 unspecified atom stereocenters. The van der Waals surface area contributed by atoms with Crippen molar-refractivity contribution in [3.63, 3.8) is 0 Å². The van der Waals surface area contributed by atoms with E-state index in [1.165, 1.54) is 0 Å². The molecule has 0 saturated carbocycles. The largest absolute Gasteiger partial charge is 0.352 e. The van der Waals surface area contributed by atoms with Gasteiger partial charge in [-0.1, -0.05) is 11.6 Å². The Morgan fingerprint density at radius 1 is 1.88 bits per heavy atom. The van der Waals surface area contributed by atoms with Crippen LogP contribution in [0.5, 0.6) is 0 Å². The number of hydrogen-bond donors (Lipinski definition) is 2. The highest BCUT2D eigenvalue weighted by atomic mass is 35.5. The summed E-state index contributed by atoms with van der Waals surface area (Å²) in [4.78, 5) is 9.94. The zero-order valence-electron chi connectivity index (χ0n) is 4.03. The molecule has 48 valence electrons. The van der Waals surface area contributed by atoms with Gasteiger partial charge in [0.1, 0.15) is 5.50 Å². The maximum absolute atomic E-state index is 9.94. The average Bonchev–Trinajstić information content (AvgIpc) is 1.65. The highest BCUT2D eigenvalue weighted by molar-refractivity contribution is 6.28. The molecule has 3 N–H and O–H groups in total. The molecule has 0 aliphatic heterocycles. The highest BCUT2D eigenvalue weighted by Gasteiger charge is 2.01. The Morgan fingerprint density at radius 2 is 2.38 bits per heavy atom. The van der Waals surface area contributed by atoms with Crippen LogP contribution in [0.15, 0.2) is 0 Å². The topological polar surface area (TPSA) is 55.1 Å². The van der Waals surface area contributed by atoms with Crippen molar-refractivity contribution in [3.05, 3.63) is 0 Å². The van der Waals surface area contributed by atoms with E-state index in [-0.39, 0.29) is 5.88 Å².